The molecule has 0 N–H and O–H groups in total. The topological polar surface area (TPSA) is 41.9 Å². The normalized spacial score (nSPS) is 16.3. The number of nitrogens with zero attached hydrogens (tertiary/aromatic N) is 4. The maximum Gasteiger partial charge on any atom is 0.159 e. The Balaban J connectivity index is 1.21. The first-order valence-corrected chi connectivity index (χ1v) is 10.4. The molecule has 0 radical (unpaired) electrons. The van der Waals surface area contributed by atoms with E-state index in [1.54, 1.807) is 11.5 Å². The maximum absolute atomic E-state index is 4.81. The molecular weight excluding hydrogens is 352 g/mol. The quantitative estimate of drug-likeness (QED) is 0.521. The van der Waals surface area contributed by atoms with Crippen molar-refractivity contribution in [2.75, 3.05) is 19.6 Å². The summed E-state index contributed by atoms with van der Waals surface area (Å²) in [5, 5.41) is 2.44. The second kappa shape index (κ2) is 7.33. The van der Waals surface area contributed by atoms with Gasteiger partial charge in [-0.3, -0.25) is 0 Å². The zero-order valence-electron chi connectivity index (χ0n) is 15.2. The fourth-order valence-electron chi connectivity index (χ4n) is 4.03. The molecule has 1 aliphatic heterocycles. The van der Waals surface area contributed by atoms with Crippen molar-refractivity contribution in [3.8, 4) is 0 Å². The number of hydrogen-bond donors (Lipinski definition) is 0. The van der Waals surface area contributed by atoms with E-state index in [1.165, 1.54) is 34.3 Å². The lowest BCUT2D eigenvalue weighted by Crippen LogP contribution is -2.34. The minimum absolute atomic E-state index is 0.549. The summed E-state index contributed by atoms with van der Waals surface area (Å²) in [5.41, 5.74) is 3.32. The van der Waals surface area contributed by atoms with Crippen molar-refractivity contribution in [3.05, 3.63) is 66.1 Å². The number of fused-ring (bicyclic) bond motifs is 2. The van der Waals surface area contributed by atoms with Crippen LogP contribution in [0.3, 0.4) is 0 Å². The fraction of sp³-hybridized carbons (Fsp3) is 0.318. The van der Waals surface area contributed by atoms with Crippen molar-refractivity contribution in [1.82, 2.24) is 19.2 Å². The largest absolute Gasteiger partial charge is 0.303 e. The zero-order chi connectivity index (χ0) is 18.1. The van der Waals surface area contributed by atoms with Gasteiger partial charge in [-0.05, 0) is 67.8 Å². The Kier molecular flexibility index (Phi) is 4.56. The van der Waals surface area contributed by atoms with Crippen LogP contribution in [-0.4, -0.2) is 38.9 Å². The van der Waals surface area contributed by atoms with Crippen molar-refractivity contribution in [2.24, 2.45) is 0 Å². The molecule has 0 bridgehead atoms. The third kappa shape index (κ3) is 3.45. The van der Waals surface area contributed by atoms with Gasteiger partial charge in [0.05, 0.1) is 10.4 Å². The second-order valence-corrected chi connectivity index (χ2v) is 8.08. The first-order valence-electron chi connectivity index (χ1n) is 9.64. The Morgan fingerprint density at radius 3 is 2.81 bits per heavy atom. The van der Waals surface area contributed by atoms with Crippen molar-refractivity contribution in [1.29, 1.82) is 0 Å². The van der Waals surface area contributed by atoms with Crippen LogP contribution in [0.1, 0.15) is 30.1 Å². The highest BCUT2D eigenvalue weighted by molar-refractivity contribution is 7.13. The molecule has 4 nitrogen and oxygen atoms in total. The summed E-state index contributed by atoms with van der Waals surface area (Å²) in [6.45, 7) is 3.36. The molecule has 136 valence electrons. The van der Waals surface area contributed by atoms with E-state index < -0.39 is 0 Å². The van der Waals surface area contributed by atoms with Crippen LogP contribution in [0.15, 0.2) is 54.7 Å². The third-order valence-corrected chi connectivity index (χ3v) is 6.47. The summed E-state index contributed by atoms with van der Waals surface area (Å²) in [6.07, 6.45) is 5.20. The van der Waals surface area contributed by atoms with E-state index in [4.69, 9.17) is 4.98 Å². The molecule has 1 fully saturated rings. The van der Waals surface area contributed by atoms with Gasteiger partial charge < -0.3 is 4.90 Å². The number of piperidine rings is 1. The molecule has 1 saturated heterocycles. The van der Waals surface area contributed by atoms with Crippen LogP contribution in [0, 0.1) is 0 Å². The molecule has 27 heavy (non-hydrogen) atoms. The number of rotatable bonds is 4. The van der Waals surface area contributed by atoms with E-state index in [1.807, 2.05) is 12.3 Å². The molecule has 0 unspecified atom stereocenters. The Hall–Kier alpha value is -2.37. The van der Waals surface area contributed by atoms with Crippen molar-refractivity contribution >= 4 is 32.7 Å². The SMILES string of the molecule is c1cnc2nc(C3CCN(CCc4nsc5ccccc45)CC3)ccc2c1. The molecule has 1 aromatic carbocycles. The predicted octanol–water partition coefficient (Wildman–Crippen LogP) is 4.66. The van der Waals surface area contributed by atoms with Crippen molar-refractivity contribution < 1.29 is 0 Å². The van der Waals surface area contributed by atoms with Gasteiger partial charge in [0.1, 0.15) is 0 Å². The molecule has 0 saturated carbocycles. The summed E-state index contributed by atoms with van der Waals surface area (Å²) < 4.78 is 5.96. The second-order valence-electron chi connectivity index (χ2n) is 7.28. The summed E-state index contributed by atoms with van der Waals surface area (Å²) >= 11 is 1.62. The predicted molar refractivity (Wildman–Crippen MR) is 111 cm³/mol. The summed E-state index contributed by atoms with van der Waals surface area (Å²) in [4.78, 5) is 11.8. The minimum Gasteiger partial charge on any atom is -0.303 e. The molecule has 0 spiro atoms. The molecule has 4 heterocycles. The molecule has 0 amide bonds. The van der Waals surface area contributed by atoms with E-state index in [2.05, 4.69) is 56.7 Å². The van der Waals surface area contributed by atoms with Crippen LogP contribution in [0.2, 0.25) is 0 Å². The average Bonchev–Trinajstić information content (AvgIpc) is 3.15. The van der Waals surface area contributed by atoms with Gasteiger partial charge in [-0.15, -0.1) is 0 Å². The molecule has 1 aliphatic rings. The standard InChI is InChI=1S/C22H22N4S/c1-2-6-21-18(5-1)20(25-27-21)11-15-26-13-9-16(10-14-26)19-8-7-17-4-3-12-23-22(17)24-19/h1-8,12,16H,9-11,13-15H2. The maximum atomic E-state index is 4.81. The van der Waals surface area contributed by atoms with Crippen LogP contribution in [0.5, 0.6) is 0 Å². The Morgan fingerprint density at radius 1 is 1.00 bits per heavy atom. The number of aromatic nitrogens is 3. The van der Waals surface area contributed by atoms with E-state index in [-0.39, 0.29) is 0 Å². The highest BCUT2D eigenvalue weighted by Gasteiger charge is 2.22. The first kappa shape index (κ1) is 16.8. The number of benzene rings is 1. The minimum atomic E-state index is 0.549. The van der Waals surface area contributed by atoms with Gasteiger partial charge in [-0.1, -0.05) is 18.2 Å². The van der Waals surface area contributed by atoms with Gasteiger partial charge in [-0.25, -0.2) is 9.97 Å². The van der Waals surface area contributed by atoms with Gasteiger partial charge in [0, 0.05) is 41.5 Å². The third-order valence-electron chi connectivity index (χ3n) is 5.61. The lowest BCUT2D eigenvalue weighted by atomic mass is 9.92. The van der Waals surface area contributed by atoms with Crippen molar-refractivity contribution in [2.45, 2.75) is 25.2 Å². The van der Waals surface area contributed by atoms with Crippen LogP contribution in [-0.2, 0) is 6.42 Å². The number of likely N-dealkylation sites (tertiary alicyclic amines) is 1. The molecule has 4 aromatic rings. The molecule has 3 aromatic heterocycles. The monoisotopic (exact) mass is 374 g/mol. The van der Waals surface area contributed by atoms with E-state index in [0.29, 0.717) is 5.92 Å². The summed E-state index contributed by atoms with van der Waals surface area (Å²) in [5.74, 6) is 0.549. The Morgan fingerprint density at radius 2 is 1.89 bits per heavy atom. The van der Waals surface area contributed by atoms with Crippen LogP contribution < -0.4 is 0 Å². The van der Waals surface area contributed by atoms with Crippen LogP contribution >= 0.6 is 11.5 Å². The Labute approximate surface area is 163 Å². The molecule has 0 atom stereocenters. The average molecular weight is 375 g/mol. The highest BCUT2D eigenvalue weighted by atomic mass is 32.1. The lowest BCUT2D eigenvalue weighted by molar-refractivity contribution is 0.213. The van der Waals surface area contributed by atoms with Crippen molar-refractivity contribution in [3.63, 3.8) is 0 Å². The molecule has 5 heteroatoms. The van der Waals surface area contributed by atoms with Gasteiger partial charge in [0.2, 0.25) is 0 Å². The zero-order valence-corrected chi connectivity index (χ0v) is 16.0. The molecular formula is C22H22N4S. The summed E-state index contributed by atoms with van der Waals surface area (Å²) in [6, 6.07) is 16.9. The van der Waals surface area contributed by atoms with Gasteiger partial charge >= 0.3 is 0 Å². The van der Waals surface area contributed by atoms with Crippen LogP contribution in [0.25, 0.3) is 21.1 Å². The molecule has 5 rings (SSSR count). The number of pyridine rings is 2. The van der Waals surface area contributed by atoms with E-state index in [0.717, 1.165) is 37.1 Å². The van der Waals surface area contributed by atoms with Gasteiger partial charge in [-0.2, -0.15) is 4.37 Å². The first-order chi connectivity index (χ1) is 13.4. The fourth-order valence-corrected chi connectivity index (χ4v) is 4.85. The Bertz CT molecular complexity index is 1070. The van der Waals surface area contributed by atoms with E-state index >= 15 is 0 Å². The lowest BCUT2D eigenvalue weighted by Gasteiger charge is -2.31. The smallest absolute Gasteiger partial charge is 0.159 e. The highest BCUT2D eigenvalue weighted by Crippen LogP contribution is 2.28. The summed E-state index contributed by atoms with van der Waals surface area (Å²) in [7, 11) is 0. The van der Waals surface area contributed by atoms with Gasteiger partial charge in [0.15, 0.2) is 5.65 Å². The van der Waals surface area contributed by atoms with E-state index in [9.17, 15) is 0 Å². The number of hydrogen-bond acceptors (Lipinski definition) is 5. The van der Waals surface area contributed by atoms with Crippen LogP contribution in [0.4, 0.5) is 0 Å². The van der Waals surface area contributed by atoms with Gasteiger partial charge in [0.25, 0.3) is 0 Å². The molecule has 0 aliphatic carbocycles.